The van der Waals surface area contributed by atoms with Gasteiger partial charge >= 0.3 is 0 Å². The third-order valence-electron chi connectivity index (χ3n) is 10.2. The summed E-state index contributed by atoms with van der Waals surface area (Å²) in [6.45, 7) is 0. The van der Waals surface area contributed by atoms with Crippen molar-refractivity contribution in [1.82, 2.24) is 24.9 Å². The number of furan rings is 1. The first-order valence-electron chi connectivity index (χ1n) is 18.4. The fraction of sp³-hybridized carbons (Fsp3) is 0. The summed E-state index contributed by atoms with van der Waals surface area (Å²) in [6, 6.07) is 59.9. The highest BCUT2D eigenvalue weighted by Gasteiger charge is 2.19. The van der Waals surface area contributed by atoms with Gasteiger partial charge in [-0.05, 0) is 54.6 Å². The van der Waals surface area contributed by atoms with Crippen molar-refractivity contribution in [2.75, 3.05) is 0 Å². The van der Waals surface area contributed by atoms with Crippen LogP contribution in [0.3, 0.4) is 0 Å². The van der Waals surface area contributed by atoms with Crippen LogP contribution in [0.1, 0.15) is 0 Å². The quantitative estimate of drug-likeness (QED) is 0.169. The van der Waals surface area contributed by atoms with Gasteiger partial charge in [0.25, 0.3) is 0 Å². The van der Waals surface area contributed by atoms with E-state index < -0.39 is 0 Å². The Kier molecular flexibility index (Phi) is 7.57. The van der Waals surface area contributed by atoms with E-state index in [1.165, 1.54) is 0 Å². The van der Waals surface area contributed by atoms with Crippen LogP contribution in [0.25, 0.3) is 110 Å². The van der Waals surface area contributed by atoms with Crippen LogP contribution < -0.4 is 0 Å². The maximum atomic E-state index is 6.14. The Bertz CT molecular complexity index is 3190. The van der Waals surface area contributed by atoms with Gasteiger partial charge < -0.3 is 4.42 Å². The van der Waals surface area contributed by atoms with Crippen molar-refractivity contribution in [2.24, 2.45) is 0 Å². The van der Waals surface area contributed by atoms with Gasteiger partial charge in [-0.3, -0.25) is 0 Å². The third kappa shape index (κ3) is 5.61. The van der Waals surface area contributed by atoms with Crippen LogP contribution in [0.15, 0.2) is 180 Å². The van der Waals surface area contributed by atoms with Gasteiger partial charge in [0, 0.05) is 64.3 Å². The number of rotatable bonds is 6. The number of para-hydroxylation sites is 1. The highest BCUT2D eigenvalue weighted by atomic mass is 32.1. The Labute approximate surface area is 325 Å². The van der Waals surface area contributed by atoms with Crippen LogP contribution in [0.2, 0.25) is 0 Å². The summed E-state index contributed by atoms with van der Waals surface area (Å²) < 4.78 is 8.40. The van der Waals surface area contributed by atoms with Crippen molar-refractivity contribution in [1.29, 1.82) is 0 Å². The Morgan fingerprint density at radius 2 is 0.875 bits per heavy atom. The molecule has 56 heavy (non-hydrogen) atoms. The molecule has 0 aliphatic heterocycles. The fourth-order valence-electron chi connectivity index (χ4n) is 7.41. The number of aromatic nitrogens is 5. The summed E-state index contributed by atoms with van der Waals surface area (Å²) in [5.74, 6) is 2.52. The summed E-state index contributed by atoms with van der Waals surface area (Å²) >= 11 is 1.74. The van der Waals surface area contributed by atoms with Gasteiger partial charge in [-0.2, -0.15) is 0 Å². The van der Waals surface area contributed by atoms with Crippen molar-refractivity contribution < 1.29 is 4.42 Å². The van der Waals surface area contributed by atoms with Gasteiger partial charge in [0.1, 0.15) is 11.2 Å². The molecular formula is C49H29N5OS. The van der Waals surface area contributed by atoms with Gasteiger partial charge in [-0.15, -0.1) is 11.3 Å². The first kappa shape index (κ1) is 32.1. The number of benzene rings is 7. The van der Waals surface area contributed by atoms with Crippen molar-refractivity contribution in [3.63, 3.8) is 0 Å². The van der Waals surface area contributed by atoms with E-state index in [0.717, 1.165) is 86.9 Å². The molecule has 262 valence electrons. The number of nitrogens with zero attached hydrogens (tertiary/aromatic N) is 5. The molecule has 7 heteroatoms. The summed E-state index contributed by atoms with van der Waals surface area (Å²) in [4.78, 5) is 25.5. The van der Waals surface area contributed by atoms with Gasteiger partial charge in [0.05, 0.1) is 11.4 Å². The molecule has 11 rings (SSSR count). The van der Waals surface area contributed by atoms with Crippen LogP contribution in [0, 0.1) is 0 Å². The lowest BCUT2D eigenvalue weighted by Crippen LogP contribution is -2.00. The first-order chi connectivity index (χ1) is 27.7. The molecule has 0 amide bonds. The number of thiophene rings is 1. The molecular weight excluding hydrogens is 707 g/mol. The van der Waals surface area contributed by atoms with E-state index in [4.69, 9.17) is 29.3 Å². The largest absolute Gasteiger partial charge is 0.456 e. The molecule has 4 heterocycles. The molecule has 4 aromatic heterocycles. The molecule has 0 saturated carbocycles. The number of hydrogen-bond donors (Lipinski definition) is 0. The maximum absolute atomic E-state index is 6.14. The zero-order valence-electron chi connectivity index (χ0n) is 29.8. The highest BCUT2D eigenvalue weighted by molar-refractivity contribution is 7.26. The molecule has 0 spiro atoms. The topological polar surface area (TPSA) is 77.6 Å². The molecule has 0 aliphatic carbocycles. The van der Waals surface area contributed by atoms with E-state index in [0.29, 0.717) is 23.3 Å². The van der Waals surface area contributed by atoms with Crippen LogP contribution >= 0.6 is 11.3 Å². The van der Waals surface area contributed by atoms with E-state index in [9.17, 15) is 0 Å². The zero-order chi connectivity index (χ0) is 37.0. The predicted molar refractivity (Wildman–Crippen MR) is 228 cm³/mol. The minimum absolute atomic E-state index is 0.603. The molecule has 0 bridgehead atoms. The number of hydrogen-bond acceptors (Lipinski definition) is 7. The SMILES string of the molecule is c1ccc(-c2cc(-c3ccccc3)nc(-c3ccc4sc5c(-c6nc(-c7ccccc7)nc(-c7ccc8oc9ccccc9c8c7)n6)cccc5c4c3)n2)cc1. The Hall–Kier alpha value is -7.35. The van der Waals surface area contributed by atoms with E-state index in [2.05, 4.69) is 78.9 Å². The lowest BCUT2D eigenvalue weighted by atomic mass is 10.0. The van der Waals surface area contributed by atoms with E-state index in [1.807, 2.05) is 97.1 Å². The third-order valence-corrected chi connectivity index (χ3v) is 11.4. The molecule has 0 aliphatic rings. The van der Waals surface area contributed by atoms with Crippen LogP contribution in [0.4, 0.5) is 0 Å². The van der Waals surface area contributed by atoms with Gasteiger partial charge in [-0.1, -0.05) is 121 Å². The van der Waals surface area contributed by atoms with Crippen LogP contribution in [-0.4, -0.2) is 24.9 Å². The summed E-state index contributed by atoms with van der Waals surface area (Å²) in [7, 11) is 0. The summed E-state index contributed by atoms with van der Waals surface area (Å²) in [5.41, 5.74) is 9.26. The Balaban J connectivity index is 1.07. The molecule has 0 saturated heterocycles. The average molecular weight is 736 g/mol. The van der Waals surface area contributed by atoms with Crippen molar-refractivity contribution in [2.45, 2.75) is 0 Å². The van der Waals surface area contributed by atoms with Gasteiger partial charge in [0.2, 0.25) is 0 Å². The second kappa shape index (κ2) is 13.2. The molecule has 0 atom stereocenters. The summed E-state index contributed by atoms with van der Waals surface area (Å²) in [6.07, 6.45) is 0. The lowest BCUT2D eigenvalue weighted by Gasteiger charge is -2.10. The van der Waals surface area contributed by atoms with E-state index >= 15 is 0 Å². The fourth-order valence-corrected chi connectivity index (χ4v) is 8.60. The monoisotopic (exact) mass is 735 g/mol. The van der Waals surface area contributed by atoms with Crippen molar-refractivity contribution in [3.05, 3.63) is 176 Å². The van der Waals surface area contributed by atoms with Crippen LogP contribution in [0.5, 0.6) is 0 Å². The van der Waals surface area contributed by atoms with E-state index in [-0.39, 0.29) is 0 Å². The standard InChI is InChI=1S/C49H29N5OS/c1-4-13-30(14-5-1)40-29-41(31-15-6-2-7-16-31)51-47(50-40)34-24-26-44-39(28-34)36-20-12-21-37(45(36)56-44)49-53-46(32-17-8-3-9-18-32)52-48(54-49)33-23-25-43-38(27-33)35-19-10-11-22-42(35)55-43/h1-29H. The Morgan fingerprint density at radius 3 is 1.59 bits per heavy atom. The second-order valence-corrected chi connectivity index (χ2v) is 14.7. The molecule has 0 N–H and O–H groups in total. The Morgan fingerprint density at radius 1 is 0.339 bits per heavy atom. The van der Waals surface area contributed by atoms with Gasteiger partial charge in [0.15, 0.2) is 23.3 Å². The second-order valence-electron chi connectivity index (χ2n) is 13.7. The molecule has 0 fully saturated rings. The smallest absolute Gasteiger partial charge is 0.165 e. The average Bonchev–Trinajstić information content (AvgIpc) is 3.85. The minimum atomic E-state index is 0.603. The molecule has 11 aromatic rings. The molecule has 0 radical (unpaired) electrons. The molecule has 6 nitrogen and oxygen atoms in total. The zero-order valence-corrected chi connectivity index (χ0v) is 30.6. The van der Waals surface area contributed by atoms with Crippen molar-refractivity contribution in [3.8, 4) is 68.1 Å². The maximum Gasteiger partial charge on any atom is 0.165 e. The van der Waals surface area contributed by atoms with E-state index in [1.54, 1.807) is 11.3 Å². The van der Waals surface area contributed by atoms with Crippen LogP contribution in [-0.2, 0) is 0 Å². The van der Waals surface area contributed by atoms with Crippen molar-refractivity contribution >= 4 is 53.4 Å². The number of fused-ring (bicyclic) bond motifs is 6. The molecule has 0 unspecified atom stereocenters. The minimum Gasteiger partial charge on any atom is -0.456 e. The highest BCUT2D eigenvalue weighted by Crippen LogP contribution is 2.41. The lowest BCUT2D eigenvalue weighted by molar-refractivity contribution is 0.669. The van der Waals surface area contributed by atoms with Gasteiger partial charge in [-0.25, -0.2) is 24.9 Å². The normalized spacial score (nSPS) is 11.6. The molecule has 7 aromatic carbocycles. The predicted octanol–water partition coefficient (Wildman–Crippen LogP) is 12.9. The summed E-state index contributed by atoms with van der Waals surface area (Å²) in [5, 5.41) is 4.35. The first-order valence-corrected chi connectivity index (χ1v) is 19.2.